The van der Waals surface area contributed by atoms with Gasteiger partial charge in [0.05, 0.1) is 23.0 Å². The summed E-state index contributed by atoms with van der Waals surface area (Å²) in [6.45, 7) is 0.400. The number of carbonyl (C=O) groups excluding carboxylic acids is 1. The second kappa shape index (κ2) is 10.8. The summed E-state index contributed by atoms with van der Waals surface area (Å²) >= 11 is 6.04. The van der Waals surface area contributed by atoms with Crippen molar-refractivity contribution in [2.75, 3.05) is 0 Å². The Labute approximate surface area is 214 Å². The Morgan fingerprint density at radius 1 is 0.889 bits per heavy atom. The topological polar surface area (TPSA) is 63.6 Å². The molecule has 0 saturated carbocycles. The van der Waals surface area contributed by atoms with Crippen molar-refractivity contribution in [1.82, 2.24) is 10.4 Å². The Bertz CT molecular complexity index is 1550. The predicted octanol–water partition coefficient (Wildman–Crippen LogP) is 6.90. The van der Waals surface area contributed by atoms with Crippen molar-refractivity contribution in [1.29, 1.82) is 0 Å². The van der Waals surface area contributed by atoms with Crippen LogP contribution in [0.4, 0.5) is 0 Å². The largest absolute Gasteiger partial charge is 0.489 e. The molecule has 0 aliphatic rings. The van der Waals surface area contributed by atoms with E-state index in [-0.39, 0.29) is 5.91 Å². The number of benzene rings is 4. The second-order valence-corrected chi connectivity index (χ2v) is 8.56. The van der Waals surface area contributed by atoms with E-state index in [1.54, 1.807) is 12.3 Å². The number of amides is 1. The average molecular weight is 492 g/mol. The maximum atomic E-state index is 13.1. The van der Waals surface area contributed by atoms with E-state index in [1.807, 2.05) is 103 Å². The SMILES string of the molecule is O=C(N/N=C\c1cccc(OCc2cccc(Cl)c2)c1)c1cc(-c2ccccc2)nc2ccccc12. The van der Waals surface area contributed by atoms with Gasteiger partial charge in [-0.25, -0.2) is 10.4 Å². The Morgan fingerprint density at radius 2 is 1.69 bits per heavy atom. The molecule has 0 aliphatic heterocycles. The smallest absolute Gasteiger partial charge is 0.272 e. The molecule has 0 fully saturated rings. The molecule has 0 saturated heterocycles. The van der Waals surface area contributed by atoms with Gasteiger partial charge in [-0.3, -0.25) is 4.79 Å². The maximum Gasteiger partial charge on any atom is 0.272 e. The summed E-state index contributed by atoms with van der Waals surface area (Å²) in [5, 5.41) is 5.62. The molecule has 0 bridgehead atoms. The van der Waals surface area contributed by atoms with Gasteiger partial charge in [-0.1, -0.05) is 84.4 Å². The minimum Gasteiger partial charge on any atom is -0.489 e. The van der Waals surface area contributed by atoms with E-state index < -0.39 is 0 Å². The summed E-state index contributed by atoms with van der Waals surface area (Å²) in [6, 6.07) is 34.2. The lowest BCUT2D eigenvalue weighted by Gasteiger charge is -2.09. The molecule has 0 unspecified atom stereocenters. The number of pyridine rings is 1. The molecule has 5 nitrogen and oxygen atoms in total. The first-order valence-corrected chi connectivity index (χ1v) is 11.8. The van der Waals surface area contributed by atoms with Crippen LogP contribution in [0, 0.1) is 0 Å². The number of carbonyl (C=O) groups is 1. The molecule has 5 aromatic rings. The van der Waals surface area contributed by atoms with E-state index in [1.165, 1.54) is 0 Å². The van der Waals surface area contributed by atoms with E-state index in [4.69, 9.17) is 21.3 Å². The molecule has 0 radical (unpaired) electrons. The van der Waals surface area contributed by atoms with Crippen LogP contribution in [0.2, 0.25) is 5.02 Å². The van der Waals surface area contributed by atoms with Gasteiger partial charge in [-0.05, 0) is 47.5 Å². The lowest BCUT2D eigenvalue weighted by Crippen LogP contribution is -2.18. The van der Waals surface area contributed by atoms with Crippen LogP contribution >= 0.6 is 11.6 Å². The lowest BCUT2D eigenvalue weighted by atomic mass is 10.0. The molecule has 1 aromatic heterocycles. The van der Waals surface area contributed by atoms with Crippen LogP contribution in [0.3, 0.4) is 0 Å². The van der Waals surface area contributed by atoms with E-state index in [0.717, 1.165) is 33.3 Å². The monoisotopic (exact) mass is 491 g/mol. The molecule has 4 aromatic carbocycles. The van der Waals surface area contributed by atoms with Gasteiger partial charge in [0.1, 0.15) is 12.4 Å². The third-order valence-corrected chi connectivity index (χ3v) is 5.80. The van der Waals surface area contributed by atoms with Crippen LogP contribution in [0.5, 0.6) is 5.75 Å². The Kier molecular flexibility index (Phi) is 7.01. The lowest BCUT2D eigenvalue weighted by molar-refractivity contribution is 0.0956. The molecule has 5 rings (SSSR count). The minimum absolute atomic E-state index is 0.310. The van der Waals surface area contributed by atoms with Crippen LogP contribution in [-0.4, -0.2) is 17.1 Å². The average Bonchev–Trinajstić information content (AvgIpc) is 2.92. The fourth-order valence-electron chi connectivity index (χ4n) is 3.82. The summed E-state index contributed by atoms with van der Waals surface area (Å²) in [5.41, 5.74) is 7.35. The normalized spacial score (nSPS) is 11.0. The van der Waals surface area contributed by atoms with Gasteiger partial charge in [0.25, 0.3) is 5.91 Å². The fraction of sp³-hybridized carbons (Fsp3) is 0.0333. The molecular formula is C30H22ClN3O2. The highest BCUT2D eigenvalue weighted by Gasteiger charge is 2.13. The number of ether oxygens (including phenoxy) is 1. The molecule has 0 spiro atoms. The number of aromatic nitrogens is 1. The Morgan fingerprint density at radius 3 is 2.56 bits per heavy atom. The van der Waals surface area contributed by atoms with Crippen molar-refractivity contribution in [2.24, 2.45) is 5.10 Å². The van der Waals surface area contributed by atoms with Gasteiger partial charge in [0.2, 0.25) is 0 Å². The minimum atomic E-state index is -0.310. The molecule has 176 valence electrons. The number of rotatable bonds is 7. The van der Waals surface area contributed by atoms with Crippen LogP contribution in [0.25, 0.3) is 22.2 Å². The third-order valence-electron chi connectivity index (χ3n) is 5.56. The highest BCUT2D eigenvalue weighted by molar-refractivity contribution is 6.30. The third kappa shape index (κ3) is 5.59. The van der Waals surface area contributed by atoms with Gasteiger partial charge in [0, 0.05) is 16.0 Å². The first-order valence-electron chi connectivity index (χ1n) is 11.4. The Hall–Kier alpha value is -4.48. The number of nitrogens with zero attached hydrogens (tertiary/aromatic N) is 2. The number of hydrogen-bond donors (Lipinski definition) is 1. The van der Waals surface area contributed by atoms with Crippen molar-refractivity contribution >= 4 is 34.6 Å². The predicted molar refractivity (Wildman–Crippen MR) is 144 cm³/mol. The van der Waals surface area contributed by atoms with Gasteiger partial charge in [0.15, 0.2) is 0 Å². The number of fused-ring (bicyclic) bond motifs is 1. The standard InChI is InChI=1S/C30H22ClN3O2/c31-24-12-6-9-22(16-24)20-36-25-13-7-8-21(17-25)19-32-34-30(35)27-18-29(23-10-2-1-3-11-23)33-28-15-5-4-14-26(27)28/h1-19H,20H2,(H,34,35)/b32-19-. The van der Waals surface area contributed by atoms with Gasteiger partial charge >= 0.3 is 0 Å². The molecule has 0 aliphatic carbocycles. The first kappa shape index (κ1) is 23.3. The van der Waals surface area contributed by atoms with Crippen LogP contribution < -0.4 is 10.2 Å². The van der Waals surface area contributed by atoms with Crippen molar-refractivity contribution in [3.63, 3.8) is 0 Å². The molecule has 36 heavy (non-hydrogen) atoms. The number of hydrazone groups is 1. The highest BCUT2D eigenvalue weighted by Crippen LogP contribution is 2.25. The summed E-state index contributed by atoms with van der Waals surface area (Å²) in [4.78, 5) is 17.8. The molecule has 1 amide bonds. The molecule has 1 N–H and O–H groups in total. The number of hydrogen-bond acceptors (Lipinski definition) is 4. The fourth-order valence-corrected chi connectivity index (χ4v) is 4.04. The summed E-state index contributed by atoms with van der Waals surface area (Å²) in [6.07, 6.45) is 1.59. The van der Waals surface area contributed by atoms with Gasteiger partial charge < -0.3 is 4.74 Å². The van der Waals surface area contributed by atoms with Crippen molar-refractivity contribution < 1.29 is 9.53 Å². The highest BCUT2D eigenvalue weighted by atomic mass is 35.5. The number of halogens is 1. The molecule has 1 heterocycles. The maximum absolute atomic E-state index is 13.1. The zero-order valence-corrected chi connectivity index (χ0v) is 20.0. The quantitative estimate of drug-likeness (QED) is 0.199. The van der Waals surface area contributed by atoms with E-state index in [0.29, 0.717) is 22.9 Å². The zero-order chi connectivity index (χ0) is 24.7. The molecular weight excluding hydrogens is 470 g/mol. The summed E-state index contributed by atoms with van der Waals surface area (Å²) in [5.74, 6) is 0.383. The molecule has 0 atom stereocenters. The number of nitrogens with one attached hydrogen (secondary N) is 1. The van der Waals surface area contributed by atoms with Crippen LogP contribution in [-0.2, 0) is 6.61 Å². The van der Waals surface area contributed by atoms with E-state index in [9.17, 15) is 4.79 Å². The second-order valence-electron chi connectivity index (χ2n) is 8.13. The van der Waals surface area contributed by atoms with Crippen LogP contribution in [0.15, 0.2) is 114 Å². The summed E-state index contributed by atoms with van der Waals surface area (Å²) in [7, 11) is 0. The molecule has 6 heteroatoms. The van der Waals surface area contributed by atoms with Crippen molar-refractivity contribution in [3.05, 3.63) is 131 Å². The van der Waals surface area contributed by atoms with E-state index >= 15 is 0 Å². The first-order chi connectivity index (χ1) is 17.7. The van der Waals surface area contributed by atoms with Crippen molar-refractivity contribution in [3.8, 4) is 17.0 Å². The van der Waals surface area contributed by atoms with Crippen molar-refractivity contribution in [2.45, 2.75) is 6.61 Å². The van der Waals surface area contributed by atoms with E-state index in [2.05, 4.69) is 10.5 Å². The Balaban J connectivity index is 1.31. The van der Waals surface area contributed by atoms with Crippen LogP contribution in [0.1, 0.15) is 21.5 Å². The zero-order valence-electron chi connectivity index (χ0n) is 19.3. The van der Waals surface area contributed by atoms with Gasteiger partial charge in [-0.2, -0.15) is 5.10 Å². The summed E-state index contributed by atoms with van der Waals surface area (Å²) < 4.78 is 5.87. The van der Waals surface area contributed by atoms with Gasteiger partial charge in [-0.15, -0.1) is 0 Å². The number of para-hydroxylation sites is 1.